The molecule has 0 radical (unpaired) electrons. The first-order valence-corrected chi connectivity index (χ1v) is 7.17. The molecule has 1 amide bonds. The van der Waals surface area contributed by atoms with E-state index in [4.69, 9.17) is 5.11 Å². The monoisotopic (exact) mass is 305 g/mol. The Labute approximate surface area is 125 Å². The van der Waals surface area contributed by atoms with Crippen LogP contribution in [0.2, 0.25) is 0 Å². The van der Waals surface area contributed by atoms with Gasteiger partial charge in [0, 0.05) is 41.2 Å². The summed E-state index contributed by atoms with van der Waals surface area (Å²) in [6, 6.07) is 3.71. The van der Waals surface area contributed by atoms with Crippen LogP contribution in [0.3, 0.4) is 0 Å². The van der Waals surface area contributed by atoms with Gasteiger partial charge in [-0.25, -0.2) is 9.78 Å². The van der Waals surface area contributed by atoms with Crippen LogP contribution in [0.25, 0.3) is 6.08 Å². The Balaban J connectivity index is 1.75. The molecule has 0 saturated carbocycles. The Kier molecular flexibility index (Phi) is 5.28. The lowest BCUT2D eigenvalue weighted by Gasteiger charge is -2.04. The van der Waals surface area contributed by atoms with Crippen LogP contribution in [-0.4, -0.2) is 26.5 Å². The van der Waals surface area contributed by atoms with E-state index in [-0.39, 0.29) is 5.91 Å². The highest BCUT2D eigenvalue weighted by Gasteiger charge is 2.03. The first-order chi connectivity index (χ1) is 10.1. The number of aryl methyl sites for hydroxylation is 1. The molecule has 6 nitrogen and oxygen atoms in total. The predicted octanol–water partition coefficient (Wildman–Crippen LogP) is 1.75. The Morgan fingerprint density at radius 3 is 3.00 bits per heavy atom. The van der Waals surface area contributed by atoms with E-state index in [1.807, 2.05) is 22.9 Å². The first kappa shape index (κ1) is 15.0. The smallest absolute Gasteiger partial charge is 0.328 e. The number of hydrogen-bond donors (Lipinski definition) is 2. The molecule has 21 heavy (non-hydrogen) atoms. The van der Waals surface area contributed by atoms with Crippen molar-refractivity contribution >= 4 is 29.3 Å². The molecular weight excluding hydrogens is 290 g/mol. The van der Waals surface area contributed by atoms with Gasteiger partial charge in [-0.2, -0.15) is 0 Å². The number of aliphatic carboxylic acids is 1. The highest BCUT2D eigenvalue weighted by atomic mass is 32.1. The second-order valence-corrected chi connectivity index (χ2v) is 5.50. The first-order valence-electron chi connectivity index (χ1n) is 6.35. The highest BCUT2D eigenvalue weighted by Crippen LogP contribution is 2.17. The lowest BCUT2D eigenvalue weighted by Crippen LogP contribution is -2.23. The zero-order valence-electron chi connectivity index (χ0n) is 11.2. The van der Waals surface area contributed by atoms with Crippen molar-refractivity contribution in [2.75, 3.05) is 0 Å². The van der Waals surface area contributed by atoms with Gasteiger partial charge < -0.3 is 15.0 Å². The molecule has 2 N–H and O–H groups in total. The molecule has 0 spiro atoms. The summed E-state index contributed by atoms with van der Waals surface area (Å²) in [5, 5.41) is 11.4. The van der Waals surface area contributed by atoms with E-state index in [1.165, 1.54) is 17.4 Å². The van der Waals surface area contributed by atoms with E-state index >= 15 is 0 Å². The van der Waals surface area contributed by atoms with Crippen LogP contribution in [0.15, 0.2) is 36.9 Å². The van der Waals surface area contributed by atoms with Gasteiger partial charge in [-0.3, -0.25) is 4.79 Å². The van der Waals surface area contributed by atoms with Crippen molar-refractivity contribution in [2.24, 2.45) is 0 Å². The number of carbonyl (C=O) groups excluding carboxylic acids is 1. The number of carboxylic acid groups (broad SMARTS) is 1. The number of carboxylic acids is 1. The van der Waals surface area contributed by atoms with Gasteiger partial charge in [0.25, 0.3) is 0 Å². The van der Waals surface area contributed by atoms with Gasteiger partial charge >= 0.3 is 5.97 Å². The Hall–Kier alpha value is -2.41. The largest absolute Gasteiger partial charge is 0.478 e. The zero-order valence-corrected chi connectivity index (χ0v) is 12.0. The number of nitrogens with one attached hydrogen (secondary N) is 1. The van der Waals surface area contributed by atoms with Gasteiger partial charge in [0.2, 0.25) is 5.91 Å². The van der Waals surface area contributed by atoms with E-state index in [1.54, 1.807) is 12.5 Å². The number of nitrogens with zero attached hydrogens (tertiary/aromatic N) is 2. The quantitative estimate of drug-likeness (QED) is 0.763. The SMILES string of the molecule is O=C(O)C=Cc1ccc(CNC(=O)CCn2ccnc2)s1. The van der Waals surface area contributed by atoms with Crippen LogP contribution in [-0.2, 0) is 22.7 Å². The Bertz CT molecular complexity index is 632. The van der Waals surface area contributed by atoms with Crippen molar-refractivity contribution in [2.45, 2.75) is 19.5 Å². The molecule has 0 atom stereocenters. The minimum atomic E-state index is -0.974. The number of carbonyl (C=O) groups is 2. The van der Waals surface area contributed by atoms with E-state index < -0.39 is 5.97 Å². The predicted molar refractivity (Wildman–Crippen MR) is 79.7 cm³/mol. The third-order valence-corrected chi connectivity index (χ3v) is 3.74. The van der Waals surface area contributed by atoms with Gasteiger partial charge in [0.1, 0.15) is 0 Å². The molecule has 0 aliphatic carbocycles. The second kappa shape index (κ2) is 7.39. The van der Waals surface area contributed by atoms with Gasteiger partial charge in [0.05, 0.1) is 12.9 Å². The van der Waals surface area contributed by atoms with Crippen molar-refractivity contribution in [3.8, 4) is 0 Å². The van der Waals surface area contributed by atoms with Crippen LogP contribution in [0.5, 0.6) is 0 Å². The van der Waals surface area contributed by atoms with Crippen LogP contribution < -0.4 is 5.32 Å². The van der Waals surface area contributed by atoms with Crippen LogP contribution >= 0.6 is 11.3 Å². The average molecular weight is 305 g/mol. The maximum atomic E-state index is 11.7. The molecule has 110 valence electrons. The molecule has 2 aromatic rings. The molecule has 0 fully saturated rings. The van der Waals surface area contributed by atoms with Gasteiger partial charge in [-0.15, -0.1) is 11.3 Å². The van der Waals surface area contributed by atoms with E-state index in [2.05, 4.69) is 10.3 Å². The molecule has 0 bridgehead atoms. The topological polar surface area (TPSA) is 84.2 Å². The summed E-state index contributed by atoms with van der Waals surface area (Å²) >= 11 is 1.45. The van der Waals surface area contributed by atoms with Crippen molar-refractivity contribution in [3.05, 3.63) is 46.7 Å². The minimum Gasteiger partial charge on any atom is -0.478 e. The maximum absolute atomic E-state index is 11.7. The highest BCUT2D eigenvalue weighted by molar-refractivity contribution is 7.12. The summed E-state index contributed by atoms with van der Waals surface area (Å²) in [5.74, 6) is -1.00. The van der Waals surface area contributed by atoms with Crippen molar-refractivity contribution in [1.29, 1.82) is 0 Å². The minimum absolute atomic E-state index is 0.0280. The maximum Gasteiger partial charge on any atom is 0.328 e. The van der Waals surface area contributed by atoms with Crippen LogP contribution in [0.1, 0.15) is 16.2 Å². The standard InChI is InChI=1S/C14H15N3O3S/c18-13(5-7-17-8-6-15-10-17)16-9-12-2-1-11(21-12)3-4-14(19)20/h1-4,6,8,10H,5,7,9H2,(H,16,18)(H,19,20). The molecule has 0 aromatic carbocycles. The second-order valence-electron chi connectivity index (χ2n) is 4.30. The summed E-state index contributed by atoms with van der Waals surface area (Å²) in [6.07, 6.45) is 8.20. The number of thiophene rings is 1. The molecule has 2 aromatic heterocycles. The summed E-state index contributed by atoms with van der Waals surface area (Å²) in [5.41, 5.74) is 0. The molecule has 7 heteroatoms. The van der Waals surface area contributed by atoms with Crippen molar-refractivity contribution in [1.82, 2.24) is 14.9 Å². The molecule has 2 rings (SSSR count). The lowest BCUT2D eigenvalue weighted by atomic mass is 10.3. The normalized spacial score (nSPS) is 10.9. The molecule has 0 aliphatic rings. The summed E-state index contributed by atoms with van der Waals surface area (Å²) in [6.45, 7) is 1.05. The van der Waals surface area contributed by atoms with Crippen LogP contribution in [0.4, 0.5) is 0 Å². The molecule has 0 unspecified atom stereocenters. The fourth-order valence-electron chi connectivity index (χ4n) is 1.66. The van der Waals surface area contributed by atoms with Crippen molar-refractivity contribution < 1.29 is 14.7 Å². The number of amides is 1. The molecule has 0 aliphatic heterocycles. The van der Waals surface area contributed by atoms with Gasteiger partial charge in [0.15, 0.2) is 0 Å². The summed E-state index contributed by atoms with van der Waals surface area (Å²) in [4.78, 5) is 27.9. The summed E-state index contributed by atoms with van der Waals surface area (Å²) < 4.78 is 1.85. The summed E-state index contributed by atoms with van der Waals surface area (Å²) in [7, 11) is 0. The molecule has 0 saturated heterocycles. The Morgan fingerprint density at radius 2 is 2.29 bits per heavy atom. The van der Waals surface area contributed by atoms with Crippen molar-refractivity contribution in [3.63, 3.8) is 0 Å². The van der Waals surface area contributed by atoms with E-state index in [0.29, 0.717) is 19.5 Å². The zero-order chi connectivity index (χ0) is 15.1. The van der Waals surface area contributed by atoms with E-state index in [9.17, 15) is 9.59 Å². The number of aromatic nitrogens is 2. The van der Waals surface area contributed by atoms with Gasteiger partial charge in [-0.1, -0.05) is 0 Å². The van der Waals surface area contributed by atoms with E-state index in [0.717, 1.165) is 15.8 Å². The fourth-order valence-corrected chi connectivity index (χ4v) is 2.51. The third-order valence-electron chi connectivity index (χ3n) is 2.69. The van der Waals surface area contributed by atoms with Gasteiger partial charge in [-0.05, 0) is 18.2 Å². The average Bonchev–Trinajstić information content (AvgIpc) is 3.12. The molecule has 2 heterocycles. The Morgan fingerprint density at radius 1 is 1.43 bits per heavy atom. The number of imidazole rings is 1. The van der Waals surface area contributed by atoms with Crippen LogP contribution in [0, 0.1) is 0 Å². The third kappa shape index (κ3) is 5.23. The lowest BCUT2D eigenvalue weighted by molar-refractivity contribution is -0.131. The number of hydrogen-bond acceptors (Lipinski definition) is 4. The molecular formula is C14H15N3O3S. The number of rotatable bonds is 7. The fraction of sp³-hybridized carbons (Fsp3) is 0.214.